The second-order valence-electron chi connectivity index (χ2n) is 6.22. The molecule has 3 rings (SSSR count). The molecule has 4 heteroatoms. The molecular weight excluding hydrogens is 317 g/mol. The lowest BCUT2D eigenvalue weighted by molar-refractivity contribution is 0.0698. The van der Waals surface area contributed by atoms with Crippen LogP contribution in [0.4, 0.5) is 4.39 Å². The number of benzene rings is 2. The largest absolute Gasteiger partial charge is 0.478 e. The third kappa shape index (κ3) is 3.85. The summed E-state index contributed by atoms with van der Waals surface area (Å²) >= 11 is 0. The number of hydrogen-bond acceptors (Lipinski definition) is 2. The number of aryl methyl sites for hydroxylation is 2. The maximum atomic E-state index is 13.5. The van der Waals surface area contributed by atoms with Crippen LogP contribution in [-0.2, 0) is 12.8 Å². The Hall–Kier alpha value is -2.75. The number of carboxylic acids is 1. The summed E-state index contributed by atoms with van der Waals surface area (Å²) in [6.45, 7) is 1.76. The molecule has 0 amide bonds. The highest BCUT2D eigenvalue weighted by molar-refractivity contribution is 6.04. The molecule has 0 bridgehead atoms. The van der Waals surface area contributed by atoms with Gasteiger partial charge in [-0.1, -0.05) is 30.3 Å². The van der Waals surface area contributed by atoms with Crippen molar-refractivity contribution in [3.63, 3.8) is 0 Å². The predicted molar refractivity (Wildman–Crippen MR) is 96.5 cm³/mol. The molecule has 0 saturated carbocycles. The Morgan fingerprint density at radius 3 is 2.52 bits per heavy atom. The standard InChI is InChI=1S/C21H20FNO2/c1-14-18(10-6-5-9-15-7-3-2-4-8-15)23-19-12-11-16(22)13-17(19)20(14)21(24)25/h2-4,7-8,11-13H,5-6,9-10H2,1H3,(H,24,25). The Labute approximate surface area is 146 Å². The predicted octanol–water partition coefficient (Wildman–Crippen LogP) is 4.95. The Morgan fingerprint density at radius 2 is 1.80 bits per heavy atom. The van der Waals surface area contributed by atoms with Gasteiger partial charge in [0.15, 0.2) is 0 Å². The number of carbonyl (C=O) groups is 1. The van der Waals surface area contributed by atoms with E-state index in [-0.39, 0.29) is 5.56 Å². The average molecular weight is 337 g/mol. The van der Waals surface area contributed by atoms with Gasteiger partial charge in [0.1, 0.15) is 5.82 Å². The van der Waals surface area contributed by atoms with Crippen LogP contribution in [0.1, 0.15) is 40.0 Å². The van der Waals surface area contributed by atoms with Crippen molar-refractivity contribution in [2.24, 2.45) is 0 Å². The molecule has 0 saturated heterocycles. The highest BCUT2D eigenvalue weighted by Crippen LogP contribution is 2.25. The van der Waals surface area contributed by atoms with Crippen LogP contribution in [0.15, 0.2) is 48.5 Å². The minimum absolute atomic E-state index is 0.155. The number of carboxylic acid groups (broad SMARTS) is 1. The molecule has 1 aromatic heterocycles. The van der Waals surface area contributed by atoms with Gasteiger partial charge in [0.05, 0.1) is 11.1 Å². The van der Waals surface area contributed by atoms with E-state index in [4.69, 9.17) is 0 Å². The lowest BCUT2D eigenvalue weighted by Gasteiger charge is -2.12. The van der Waals surface area contributed by atoms with Crippen molar-refractivity contribution < 1.29 is 14.3 Å². The number of hydrogen-bond donors (Lipinski definition) is 1. The Kier molecular flexibility index (Phi) is 5.08. The van der Waals surface area contributed by atoms with Crippen molar-refractivity contribution >= 4 is 16.9 Å². The lowest BCUT2D eigenvalue weighted by Crippen LogP contribution is -2.07. The number of aromatic carboxylic acids is 1. The summed E-state index contributed by atoms with van der Waals surface area (Å²) < 4.78 is 13.5. The number of halogens is 1. The van der Waals surface area contributed by atoms with Crippen LogP contribution in [0.25, 0.3) is 10.9 Å². The van der Waals surface area contributed by atoms with Crippen LogP contribution < -0.4 is 0 Å². The molecule has 0 unspecified atom stereocenters. The van der Waals surface area contributed by atoms with Crippen molar-refractivity contribution in [1.29, 1.82) is 0 Å². The number of unbranched alkanes of at least 4 members (excludes halogenated alkanes) is 1. The second-order valence-corrected chi connectivity index (χ2v) is 6.22. The first-order valence-corrected chi connectivity index (χ1v) is 8.42. The molecule has 0 fully saturated rings. The van der Waals surface area contributed by atoms with Gasteiger partial charge in [0.2, 0.25) is 0 Å². The maximum Gasteiger partial charge on any atom is 0.336 e. The minimum Gasteiger partial charge on any atom is -0.478 e. The zero-order valence-corrected chi connectivity index (χ0v) is 14.1. The molecule has 3 aromatic rings. The molecule has 2 aromatic carbocycles. The van der Waals surface area contributed by atoms with Gasteiger partial charge < -0.3 is 5.11 Å². The molecule has 0 aliphatic heterocycles. The smallest absolute Gasteiger partial charge is 0.336 e. The van der Waals surface area contributed by atoms with Gasteiger partial charge in [0, 0.05) is 11.1 Å². The first-order valence-electron chi connectivity index (χ1n) is 8.42. The summed E-state index contributed by atoms with van der Waals surface area (Å²) in [6.07, 6.45) is 3.64. The van der Waals surface area contributed by atoms with Crippen molar-refractivity contribution in [2.75, 3.05) is 0 Å². The molecule has 0 radical (unpaired) electrons. The van der Waals surface area contributed by atoms with E-state index in [0.29, 0.717) is 22.9 Å². The number of fused-ring (bicyclic) bond motifs is 1. The Balaban J connectivity index is 1.80. The molecule has 0 aliphatic carbocycles. The zero-order chi connectivity index (χ0) is 17.8. The molecular formula is C21H20FNO2. The first-order chi connectivity index (χ1) is 12.1. The van der Waals surface area contributed by atoms with E-state index in [1.807, 2.05) is 18.2 Å². The maximum absolute atomic E-state index is 13.5. The molecule has 0 spiro atoms. The quantitative estimate of drug-likeness (QED) is 0.648. The van der Waals surface area contributed by atoms with E-state index < -0.39 is 11.8 Å². The summed E-state index contributed by atoms with van der Waals surface area (Å²) in [5, 5.41) is 9.91. The van der Waals surface area contributed by atoms with Gasteiger partial charge in [-0.25, -0.2) is 9.18 Å². The first kappa shape index (κ1) is 17.1. The van der Waals surface area contributed by atoms with Crippen LogP contribution in [0.5, 0.6) is 0 Å². The van der Waals surface area contributed by atoms with Gasteiger partial charge in [-0.2, -0.15) is 0 Å². The van der Waals surface area contributed by atoms with E-state index in [9.17, 15) is 14.3 Å². The highest BCUT2D eigenvalue weighted by Gasteiger charge is 2.17. The van der Waals surface area contributed by atoms with Crippen LogP contribution in [-0.4, -0.2) is 16.1 Å². The summed E-state index contributed by atoms with van der Waals surface area (Å²) in [5.74, 6) is -1.49. The SMILES string of the molecule is Cc1c(CCCCc2ccccc2)nc2ccc(F)cc2c1C(=O)O. The van der Waals surface area contributed by atoms with Gasteiger partial charge in [-0.15, -0.1) is 0 Å². The highest BCUT2D eigenvalue weighted by atomic mass is 19.1. The minimum atomic E-state index is -1.04. The average Bonchev–Trinajstić information content (AvgIpc) is 2.59. The number of aromatic nitrogens is 1. The van der Waals surface area contributed by atoms with E-state index >= 15 is 0 Å². The Morgan fingerprint density at radius 1 is 1.08 bits per heavy atom. The number of nitrogens with zero attached hydrogens (tertiary/aromatic N) is 1. The van der Waals surface area contributed by atoms with Gasteiger partial charge in [0.25, 0.3) is 0 Å². The normalized spacial score (nSPS) is 11.0. The molecule has 1 N–H and O–H groups in total. The fourth-order valence-corrected chi connectivity index (χ4v) is 3.17. The van der Waals surface area contributed by atoms with Crippen molar-refractivity contribution in [2.45, 2.75) is 32.6 Å². The Bertz CT molecular complexity index is 907. The third-order valence-corrected chi connectivity index (χ3v) is 4.48. The van der Waals surface area contributed by atoms with Crippen molar-refractivity contribution in [3.8, 4) is 0 Å². The molecule has 0 atom stereocenters. The summed E-state index contributed by atoms with van der Waals surface area (Å²) in [7, 11) is 0. The number of pyridine rings is 1. The van der Waals surface area contributed by atoms with Gasteiger partial charge >= 0.3 is 5.97 Å². The van der Waals surface area contributed by atoms with Crippen LogP contribution >= 0.6 is 0 Å². The van der Waals surface area contributed by atoms with Crippen LogP contribution in [0.2, 0.25) is 0 Å². The van der Waals surface area contributed by atoms with Crippen LogP contribution in [0.3, 0.4) is 0 Å². The van der Waals surface area contributed by atoms with Crippen molar-refractivity contribution in [1.82, 2.24) is 4.98 Å². The van der Waals surface area contributed by atoms with Gasteiger partial charge in [-0.05, 0) is 61.9 Å². The van der Waals surface area contributed by atoms with E-state index in [2.05, 4.69) is 17.1 Å². The van der Waals surface area contributed by atoms with E-state index in [1.165, 1.54) is 17.7 Å². The summed E-state index contributed by atoms with van der Waals surface area (Å²) in [4.78, 5) is 16.2. The second kappa shape index (κ2) is 7.43. The van der Waals surface area contributed by atoms with Gasteiger partial charge in [-0.3, -0.25) is 4.98 Å². The molecule has 3 nitrogen and oxygen atoms in total. The van der Waals surface area contributed by atoms with E-state index in [1.54, 1.807) is 13.0 Å². The number of rotatable bonds is 6. The molecule has 25 heavy (non-hydrogen) atoms. The fraction of sp³-hybridized carbons (Fsp3) is 0.238. The summed E-state index contributed by atoms with van der Waals surface area (Å²) in [6, 6.07) is 14.4. The molecule has 128 valence electrons. The summed E-state index contributed by atoms with van der Waals surface area (Å²) in [5.41, 5.74) is 3.40. The van der Waals surface area contributed by atoms with Crippen LogP contribution in [0, 0.1) is 12.7 Å². The topological polar surface area (TPSA) is 50.2 Å². The fourth-order valence-electron chi connectivity index (χ4n) is 3.17. The third-order valence-electron chi connectivity index (χ3n) is 4.48. The van der Waals surface area contributed by atoms with Crippen molar-refractivity contribution in [3.05, 3.63) is 76.7 Å². The monoisotopic (exact) mass is 337 g/mol. The lowest BCUT2D eigenvalue weighted by atomic mass is 9.98. The zero-order valence-electron chi connectivity index (χ0n) is 14.1. The molecule has 0 aliphatic rings. The molecule has 1 heterocycles. The van der Waals surface area contributed by atoms with E-state index in [0.717, 1.165) is 25.0 Å².